The van der Waals surface area contributed by atoms with Gasteiger partial charge >= 0.3 is 0 Å². The molecule has 0 aliphatic carbocycles. The van der Waals surface area contributed by atoms with Gasteiger partial charge in [0.2, 0.25) is 0 Å². The first-order chi connectivity index (χ1) is 10.9. The number of hydrogen-bond donors (Lipinski definition) is 1. The van der Waals surface area contributed by atoms with E-state index in [1.807, 2.05) is 32.0 Å². The molecule has 5 nitrogen and oxygen atoms in total. The number of nitrogen functional groups attached to an aromatic ring is 1. The smallest absolute Gasteiger partial charge is 0.274 e. The maximum absolute atomic E-state index is 12.8. The van der Waals surface area contributed by atoms with E-state index in [0.717, 1.165) is 16.8 Å². The van der Waals surface area contributed by atoms with E-state index in [-0.39, 0.29) is 11.4 Å². The number of benzene rings is 1. The predicted octanol–water partition coefficient (Wildman–Crippen LogP) is 3.00. The van der Waals surface area contributed by atoms with Crippen molar-refractivity contribution in [2.45, 2.75) is 32.7 Å². The topological polar surface area (TPSA) is 71.6 Å². The standard InChI is InChI=1S/C18H20N4O/c1-12-6-4-5-7-14(12)15-11-18(2,3)22(21-15)17(23)13-8-9-20-16(19)10-13/h4-10H,11H2,1-3H3,(H2,19,20). The summed E-state index contributed by atoms with van der Waals surface area (Å²) in [7, 11) is 0. The van der Waals surface area contributed by atoms with Crippen LogP contribution in [0.2, 0.25) is 0 Å². The Balaban J connectivity index is 1.98. The zero-order valence-electron chi connectivity index (χ0n) is 13.6. The van der Waals surface area contributed by atoms with Crippen LogP contribution in [0.1, 0.15) is 41.8 Å². The van der Waals surface area contributed by atoms with Crippen LogP contribution in [0.3, 0.4) is 0 Å². The Morgan fingerprint density at radius 3 is 2.70 bits per heavy atom. The minimum atomic E-state index is -0.382. The number of nitrogens with zero attached hydrogens (tertiary/aromatic N) is 3. The third-order valence-corrected chi connectivity index (χ3v) is 4.07. The normalized spacial score (nSPS) is 16.3. The molecule has 0 bridgehead atoms. The van der Waals surface area contributed by atoms with Crippen molar-refractivity contribution in [1.82, 2.24) is 9.99 Å². The van der Waals surface area contributed by atoms with Crippen LogP contribution < -0.4 is 5.73 Å². The van der Waals surface area contributed by atoms with Crippen LogP contribution in [-0.4, -0.2) is 27.2 Å². The Kier molecular flexibility index (Phi) is 3.64. The summed E-state index contributed by atoms with van der Waals surface area (Å²) in [5, 5.41) is 6.18. The van der Waals surface area contributed by atoms with E-state index in [0.29, 0.717) is 17.8 Å². The molecule has 0 saturated carbocycles. The summed E-state index contributed by atoms with van der Waals surface area (Å²) in [4.78, 5) is 16.7. The molecule has 5 heteroatoms. The summed E-state index contributed by atoms with van der Waals surface area (Å²) in [5.41, 5.74) is 8.98. The lowest BCUT2D eigenvalue weighted by atomic mass is 9.93. The van der Waals surface area contributed by atoms with Crippen LogP contribution in [0, 0.1) is 6.92 Å². The van der Waals surface area contributed by atoms with E-state index < -0.39 is 0 Å². The first kappa shape index (κ1) is 15.2. The number of hydrogen-bond acceptors (Lipinski definition) is 4. The van der Waals surface area contributed by atoms with Crippen molar-refractivity contribution in [3.05, 3.63) is 59.3 Å². The molecule has 2 aromatic rings. The van der Waals surface area contributed by atoms with Gasteiger partial charge in [0.25, 0.3) is 5.91 Å². The van der Waals surface area contributed by atoms with Gasteiger partial charge in [-0.3, -0.25) is 4.79 Å². The van der Waals surface area contributed by atoms with Crippen molar-refractivity contribution in [2.75, 3.05) is 5.73 Å². The lowest BCUT2D eigenvalue weighted by Crippen LogP contribution is -2.40. The molecule has 1 aliphatic heterocycles. The third-order valence-electron chi connectivity index (χ3n) is 4.07. The zero-order valence-corrected chi connectivity index (χ0v) is 13.6. The number of rotatable bonds is 2. The van der Waals surface area contributed by atoms with Gasteiger partial charge in [-0.15, -0.1) is 0 Å². The van der Waals surface area contributed by atoms with E-state index in [2.05, 4.69) is 23.1 Å². The molecule has 2 heterocycles. The molecule has 0 atom stereocenters. The van der Waals surface area contributed by atoms with Crippen LogP contribution in [-0.2, 0) is 0 Å². The fraction of sp³-hybridized carbons (Fsp3) is 0.278. The first-order valence-corrected chi connectivity index (χ1v) is 7.58. The second-order valence-corrected chi connectivity index (χ2v) is 6.44. The molecule has 0 saturated heterocycles. The highest BCUT2D eigenvalue weighted by Crippen LogP contribution is 2.31. The van der Waals surface area contributed by atoms with Crippen molar-refractivity contribution in [1.29, 1.82) is 0 Å². The quantitative estimate of drug-likeness (QED) is 0.927. The molecule has 1 amide bonds. The summed E-state index contributed by atoms with van der Waals surface area (Å²) in [5.74, 6) is 0.170. The highest BCUT2D eigenvalue weighted by Gasteiger charge is 2.39. The zero-order chi connectivity index (χ0) is 16.6. The van der Waals surface area contributed by atoms with Crippen LogP contribution >= 0.6 is 0 Å². The van der Waals surface area contributed by atoms with E-state index >= 15 is 0 Å². The van der Waals surface area contributed by atoms with Gasteiger partial charge in [-0.1, -0.05) is 24.3 Å². The summed E-state index contributed by atoms with van der Waals surface area (Å²) in [6.45, 7) is 6.09. The van der Waals surface area contributed by atoms with Gasteiger partial charge in [-0.2, -0.15) is 5.10 Å². The number of carbonyl (C=O) groups is 1. The van der Waals surface area contributed by atoms with Gasteiger partial charge in [0.05, 0.1) is 11.3 Å². The lowest BCUT2D eigenvalue weighted by Gasteiger charge is -2.28. The van der Waals surface area contributed by atoms with Gasteiger partial charge in [0.1, 0.15) is 5.82 Å². The maximum Gasteiger partial charge on any atom is 0.274 e. The predicted molar refractivity (Wildman–Crippen MR) is 91.2 cm³/mol. The Hall–Kier alpha value is -2.69. The number of carbonyl (C=O) groups excluding carboxylic acids is 1. The number of aryl methyl sites for hydroxylation is 1. The number of pyridine rings is 1. The van der Waals surface area contributed by atoms with Crippen LogP contribution in [0.15, 0.2) is 47.7 Å². The van der Waals surface area contributed by atoms with Crippen molar-refractivity contribution in [2.24, 2.45) is 5.10 Å². The second kappa shape index (κ2) is 5.50. The molecule has 1 aliphatic rings. The van der Waals surface area contributed by atoms with Crippen LogP contribution in [0.25, 0.3) is 0 Å². The number of amides is 1. The number of hydrazone groups is 1. The fourth-order valence-electron chi connectivity index (χ4n) is 2.85. The van der Waals surface area contributed by atoms with Gasteiger partial charge in [0, 0.05) is 23.7 Å². The molecule has 2 N–H and O–H groups in total. The highest BCUT2D eigenvalue weighted by atomic mass is 16.2. The summed E-state index contributed by atoms with van der Waals surface area (Å²) < 4.78 is 0. The minimum Gasteiger partial charge on any atom is -0.384 e. The van der Waals surface area contributed by atoms with Crippen LogP contribution in [0.5, 0.6) is 0 Å². The maximum atomic E-state index is 12.8. The van der Waals surface area contributed by atoms with Crippen molar-refractivity contribution < 1.29 is 4.79 Å². The average Bonchev–Trinajstić information content (AvgIpc) is 2.82. The third kappa shape index (κ3) is 2.82. The molecule has 0 unspecified atom stereocenters. The number of anilines is 1. The fourth-order valence-corrected chi connectivity index (χ4v) is 2.85. The number of aromatic nitrogens is 1. The first-order valence-electron chi connectivity index (χ1n) is 7.58. The Labute approximate surface area is 135 Å². The summed E-state index contributed by atoms with van der Waals surface area (Å²) in [6.07, 6.45) is 2.25. The molecule has 1 aromatic carbocycles. The largest absolute Gasteiger partial charge is 0.384 e. The molecule has 0 spiro atoms. The SMILES string of the molecule is Cc1ccccc1C1=NN(C(=O)c2ccnc(N)c2)C(C)(C)C1. The van der Waals surface area contributed by atoms with Gasteiger partial charge < -0.3 is 5.73 Å². The summed E-state index contributed by atoms with van der Waals surface area (Å²) in [6, 6.07) is 11.3. The Morgan fingerprint density at radius 2 is 2.00 bits per heavy atom. The van der Waals surface area contributed by atoms with Gasteiger partial charge in [0.15, 0.2) is 0 Å². The van der Waals surface area contributed by atoms with E-state index in [1.54, 1.807) is 17.1 Å². The Bertz CT molecular complexity index is 795. The van der Waals surface area contributed by atoms with Crippen molar-refractivity contribution in [3.63, 3.8) is 0 Å². The average molecular weight is 308 g/mol. The Morgan fingerprint density at radius 1 is 1.26 bits per heavy atom. The van der Waals surface area contributed by atoms with E-state index in [1.165, 1.54) is 6.20 Å². The van der Waals surface area contributed by atoms with Crippen molar-refractivity contribution in [3.8, 4) is 0 Å². The monoisotopic (exact) mass is 308 g/mol. The lowest BCUT2D eigenvalue weighted by molar-refractivity contribution is 0.0612. The van der Waals surface area contributed by atoms with Gasteiger partial charge in [-0.05, 0) is 38.5 Å². The molecular weight excluding hydrogens is 288 g/mol. The minimum absolute atomic E-state index is 0.160. The van der Waals surface area contributed by atoms with Crippen molar-refractivity contribution >= 4 is 17.4 Å². The summed E-state index contributed by atoms with van der Waals surface area (Å²) >= 11 is 0. The molecular formula is C18H20N4O. The van der Waals surface area contributed by atoms with E-state index in [4.69, 9.17) is 5.73 Å². The second-order valence-electron chi connectivity index (χ2n) is 6.44. The molecule has 118 valence electrons. The molecule has 23 heavy (non-hydrogen) atoms. The molecule has 3 rings (SSSR count). The molecule has 1 aromatic heterocycles. The highest BCUT2D eigenvalue weighted by molar-refractivity contribution is 6.06. The van der Waals surface area contributed by atoms with Gasteiger partial charge in [-0.25, -0.2) is 9.99 Å². The molecule has 0 fully saturated rings. The van der Waals surface area contributed by atoms with E-state index in [9.17, 15) is 4.79 Å². The molecule has 0 radical (unpaired) electrons. The number of nitrogens with two attached hydrogens (primary N) is 1. The van der Waals surface area contributed by atoms with Crippen LogP contribution in [0.4, 0.5) is 5.82 Å².